The first kappa shape index (κ1) is 18.4. The molecule has 0 bridgehead atoms. The molecule has 1 aliphatic heterocycles. The van der Waals surface area contributed by atoms with Crippen molar-refractivity contribution in [3.63, 3.8) is 0 Å². The highest BCUT2D eigenvalue weighted by atomic mass is 16.6. The number of nitrogens with zero attached hydrogens (tertiary/aromatic N) is 3. The summed E-state index contributed by atoms with van der Waals surface area (Å²) in [7, 11) is 0. The van der Waals surface area contributed by atoms with Crippen LogP contribution in [0.5, 0.6) is 0 Å². The molecule has 1 saturated heterocycles. The fourth-order valence-electron chi connectivity index (χ4n) is 2.53. The lowest BCUT2D eigenvalue weighted by molar-refractivity contribution is -0.385. The van der Waals surface area contributed by atoms with E-state index < -0.39 is 33.3 Å². The first-order chi connectivity index (χ1) is 13.3. The Bertz CT molecular complexity index is 1080. The molecule has 140 valence electrons. The molecule has 1 fully saturated rings. The molecule has 1 aliphatic rings. The lowest BCUT2D eigenvalue weighted by atomic mass is 10.1. The first-order valence-corrected chi connectivity index (χ1v) is 7.68. The molecule has 4 amide bonds. The zero-order chi connectivity index (χ0) is 20.4. The van der Waals surface area contributed by atoms with Crippen LogP contribution in [-0.4, -0.2) is 27.7 Å². The summed E-state index contributed by atoms with van der Waals surface area (Å²) in [5.41, 5.74) is -0.953. The van der Waals surface area contributed by atoms with Gasteiger partial charge in [-0.15, -0.1) is 0 Å². The van der Waals surface area contributed by atoms with Crippen molar-refractivity contribution in [2.24, 2.45) is 0 Å². The van der Waals surface area contributed by atoms with Crippen molar-refractivity contribution in [1.29, 1.82) is 0 Å². The van der Waals surface area contributed by atoms with E-state index in [1.54, 1.807) is 0 Å². The smallest absolute Gasteiger partial charge is 0.273 e. The van der Waals surface area contributed by atoms with Crippen LogP contribution in [0.2, 0.25) is 0 Å². The average molecular weight is 382 g/mol. The van der Waals surface area contributed by atoms with Crippen molar-refractivity contribution >= 4 is 41.0 Å². The Morgan fingerprint density at radius 3 is 2.14 bits per heavy atom. The Labute approximate surface area is 156 Å². The predicted molar refractivity (Wildman–Crippen MR) is 95.2 cm³/mol. The van der Waals surface area contributed by atoms with Crippen LogP contribution in [0.1, 0.15) is 5.56 Å². The molecule has 11 nitrogen and oxygen atoms in total. The van der Waals surface area contributed by atoms with Crippen molar-refractivity contribution in [3.05, 3.63) is 79.9 Å². The molecule has 3 rings (SSSR count). The van der Waals surface area contributed by atoms with Crippen LogP contribution in [0.25, 0.3) is 6.08 Å². The normalized spacial score (nSPS) is 15.5. The van der Waals surface area contributed by atoms with E-state index in [-0.39, 0.29) is 22.6 Å². The Balaban J connectivity index is 2.03. The van der Waals surface area contributed by atoms with E-state index in [0.29, 0.717) is 4.90 Å². The van der Waals surface area contributed by atoms with Crippen LogP contribution in [0.4, 0.5) is 21.9 Å². The molecule has 2 aromatic carbocycles. The number of imide groups is 2. The minimum absolute atomic E-state index is 0.103. The number of hydrogen-bond donors (Lipinski definition) is 1. The minimum atomic E-state index is -1.06. The quantitative estimate of drug-likeness (QED) is 0.368. The van der Waals surface area contributed by atoms with Crippen LogP contribution in [-0.2, 0) is 9.59 Å². The molecule has 1 N–H and O–H groups in total. The maximum absolute atomic E-state index is 12.7. The van der Waals surface area contributed by atoms with E-state index in [0.717, 1.165) is 18.2 Å². The number of barbiturate groups is 1. The molecule has 0 unspecified atom stereocenters. The lowest BCUT2D eigenvalue weighted by Gasteiger charge is -2.26. The highest BCUT2D eigenvalue weighted by molar-refractivity contribution is 6.39. The van der Waals surface area contributed by atoms with Crippen molar-refractivity contribution in [1.82, 2.24) is 5.32 Å². The summed E-state index contributed by atoms with van der Waals surface area (Å²) in [6.45, 7) is 0. The van der Waals surface area contributed by atoms with Gasteiger partial charge < -0.3 is 0 Å². The number of non-ortho nitro benzene ring substituents is 2. The average Bonchev–Trinajstić information content (AvgIpc) is 2.65. The monoisotopic (exact) mass is 382 g/mol. The van der Waals surface area contributed by atoms with Gasteiger partial charge in [-0.2, -0.15) is 0 Å². The standard InChI is InChI=1S/C17H10N4O7/c22-15-14(8-10-3-1-5-12(7-10)20(25)26)16(23)19(17(24)18-15)11-4-2-6-13(9-11)21(27)28/h1-9H,(H,18,22,24)/b14-8+. The number of amides is 4. The number of carbonyl (C=O) groups is 3. The highest BCUT2D eigenvalue weighted by Gasteiger charge is 2.37. The molecule has 28 heavy (non-hydrogen) atoms. The number of hydrogen-bond acceptors (Lipinski definition) is 7. The van der Waals surface area contributed by atoms with Crippen molar-refractivity contribution in [2.45, 2.75) is 0 Å². The van der Waals surface area contributed by atoms with E-state index in [1.807, 2.05) is 5.32 Å². The molecule has 0 atom stereocenters. The fourth-order valence-corrected chi connectivity index (χ4v) is 2.53. The van der Waals surface area contributed by atoms with Gasteiger partial charge in [0.15, 0.2) is 0 Å². The molecule has 0 aliphatic carbocycles. The molecular formula is C17H10N4O7. The summed E-state index contributed by atoms with van der Waals surface area (Å²) in [4.78, 5) is 58.0. The summed E-state index contributed by atoms with van der Waals surface area (Å²) in [6, 6.07) is 8.92. The van der Waals surface area contributed by atoms with Crippen LogP contribution in [0.3, 0.4) is 0 Å². The maximum atomic E-state index is 12.7. The van der Waals surface area contributed by atoms with Gasteiger partial charge in [0.25, 0.3) is 23.2 Å². The topological polar surface area (TPSA) is 153 Å². The predicted octanol–water partition coefficient (Wildman–Crippen LogP) is 2.17. The second-order valence-corrected chi connectivity index (χ2v) is 5.59. The number of benzene rings is 2. The number of carbonyl (C=O) groups excluding carboxylic acids is 3. The molecule has 0 aromatic heterocycles. The summed E-state index contributed by atoms with van der Waals surface area (Å²) < 4.78 is 0. The number of rotatable bonds is 4. The summed E-state index contributed by atoms with van der Waals surface area (Å²) in [6.07, 6.45) is 1.10. The lowest BCUT2D eigenvalue weighted by Crippen LogP contribution is -2.54. The van der Waals surface area contributed by atoms with Crippen LogP contribution >= 0.6 is 0 Å². The van der Waals surface area contributed by atoms with Crippen molar-refractivity contribution in [3.8, 4) is 0 Å². The minimum Gasteiger partial charge on any atom is -0.273 e. The zero-order valence-corrected chi connectivity index (χ0v) is 13.9. The van der Waals surface area contributed by atoms with E-state index in [9.17, 15) is 34.6 Å². The Morgan fingerprint density at radius 1 is 0.893 bits per heavy atom. The summed E-state index contributed by atoms with van der Waals surface area (Å²) >= 11 is 0. The Kier molecular flexibility index (Phi) is 4.64. The molecular weight excluding hydrogens is 372 g/mol. The van der Waals surface area contributed by atoms with Gasteiger partial charge in [0.2, 0.25) is 0 Å². The summed E-state index contributed by atoms with van der Waals surface area (Å²) in [5.74, 6) is -2.00. The van der Waals surface area contributed by atoms with Gasteiger partial charge in [-0.3, -0.25) is 35.1 Å². The van der Waals surface area contributed by atoms with Gasteiger partial charge in [-0.05, 0) is 17.7 Å². The first-order valence-electron chi connectivity index (χ1n) is 7.68. The molecule has 2 aromatic rings. The number of nitrogens with one attached hydrogen (secondary N) is 1. The Morgan fingerprint density at radius 2 is 1.50 bits per heavy atom. The SMILES string of the molecule is O=C1NC(=O)N(c2cccc([N+](=O)[O-])c2)C(=O)/C1=C/c1cccc([N+](=O)[O-])c1. The van der Waals surface area contributed by atoms with Crippen LogP contribution in [0.15, 0.2) is 54.1 Å². The number of nitro benzene ring substituents is 2. The number of anilines is 1. The van der Waals surface area contributed by atoms with Crippen LogP contribution in [0, 0.1) is 20.2 Å². The fraction of sp³-hybridized carbons (Fsp3) is 0. The van der Waals surface area contributed by atoms with Gasteiger partial charge in [-0.25, -0.2) is 9.69 Å². The molecule has 1 heterocycles. The van der Waals surface area contributed by atoms with Gasteiger partial charge in [-0.1, -0.05) is 18.2 Å². The largest absolute Gasteiger partial charge is 0.335 e. The zero-order valence-electron chi connectivity index (χ0n) is 13.9. The third-order valence-electron chi connectivity index (χ3n) is 3.79. The van der Waals surface area contributed by atoms with E-state index in [2.05, 4.69) is 0 Å². The number of urea groups is 1. The third kappa shape index (κ3) is 3.44. The second kappa shape index (κ2) is 7.07. The van der Waals surface area contributed by atoms with Crippen molar-refractivity contribution < 1.29 is 24.2 Å². The second-order valence-electron chi connectivity index (χ2n) is 5.59. The Hall–Kier alpha value is -4.41. The van der Waals surface area contributed by atoms with Crippen LogP contribution < -0.4 is 10.2 Å². The maximum Gasteiger partial charge on any atom is 0.335 e. The third-order valence-corrected chi connectivity index (χ3v) is 3.79. The van der Waals surface area contributed by atoms with Gasteiger partial charge in [0.1, 0.15) is 5.57 Å². The van der Waals surface area contributed by atoms with Gasteiger partial charge in [0.05, 0.1) is 15.5 Å². The highest BCUT2D eigenvalue weighted by Crippen LogP contribution is 2.26. The van der Waals surface area contributed by atoms with E-state index in [1.165, 1.54) is 36.4 Å². The molecule has 11 heteroatoms. The molecule has 0 spiro atoms. The number of nitro groups is 2. The van der Waals surface area contributed by atoms with Gasteiger partial charge in [0, 0.05) is 24.3 Å². The van der Waals surface area contributed by atoms with E-state index >= 15 is 0 Å². The summed E-state index contributed by atoms with van der Waals surface area (Å²) in [5, 5.41) is 23.8. The van der Waals surface area contributed by atoms with Crippen molar-refractivity contribution in [2.75, 3.05) is 4.90 Å². The molecule has 0 radical (unpaired) electrons. The van der Waals surface area contributed by atoms with E-state index in [4.69, 9.17) is 0 Å². The van der Waals surface area contributed by atoms with Gasteiger partial charge >= 0.3 is 6.03 Å². The molecule has 0 saturated carbocycles.